The molecular weight excluding hydrogens is 202 g/mol. The molecule has 1 aromatic carbocycles. The van der Waals surface area contributed by atoms with Gasteiger partial charge in [0.05, 0.1) is 13.7 Å². The Balaban J connectivity index is 2.37. The Morgan fingerprint density at radius 2 is 2.29 bits per heavy atom. The molecule has 0 amide bonds. The highest BCUT2D eigenvalue weighted by Crippen LogP contribution is 2.22. The highest BCUT2D eigenvalue weighted by atomic mass is 35.5. The van der Waals surface area contributed by atoms with Crippen molar-refractivity contribution in [3.8, 4) is 5.75 Å². The third kappa shape index (κ3) is 1.82. The Kier molecular flexibility index (Phi) is 2.59. The van der Waals surface area contributed by atoms with E-state index in [9.17, 15) is 0 Å². The second-order valence-electron chi connectivity index (χ2n) is 2.92. The summed E-state index contributed by atoms with van der Waals surface area (Å²) < 4.78 is 10.4. The summed E-state index contributed by atoms with van der Waals surface area (Å²) >= 11 is 5.92. The van der Waals surface area contributed by atoms with Crippen molar-refractivity contribution in [2.24, 2.45) is 4.99 Å². The zero-order valence-electron chi connectivity index (χ0n) is 7.79. The van der Waals surface area contributed by atoms with Crippen LogP contribution in [-0.4, -0.2) is 26.2 Å². The zero-order chi connectivity index (χ0) is 9.97. The van der Waals surface area contributed by atoms with Crippen molar-refractivity contribution >= 4 is 17.5 Å². The van der Waals surface area contributed by atoms with Crippen LogP contribution >= 0.6 is 11.6 Å². The van der Waals surface area contributed by atoms with E-state index in [-0.39, 0.29) is 0 Å². The number of hydrogen-bond acceptors (Lipinski definition) is 3. The van der Waals surface area contributed by atoms with E-state index in [1.165, 1.54) is 0 Å². The number of nitrogens with zero attached hydrogens (tertiary/aromatic N) is 1. The van der Waals surface area contributed by atoms with Gasteiger partial charge in [-0.15, -0.1) is 0 Å². The van der Waals surface area contributed by atoms with E-state index >= 15 is 0 Å². The van der Waals surface area contributed by atoms with E-state index in [2.05, 4.69) is 4.99 Å². The van der Waals surface area contributed by atoms with Gasteiger partial charge in [-0.3, -0.25) is 0 Å². The Labute approximate surface area is 87.3 Å². The first-order chi connectivity index (χ1) is 6.79. The summed E-state index contributed by atoms with van der Waals surface area (Å²) in [4.78, 5) is 4.20. The van der Waals surface area contributed by atoms with Crippen LogP contribution in [0.2, 0.25) is 5.02 Å². The number of ether oxygens (including phenoxy) is 2. The Morgan fingerprint density at radius 3 is 2.93 bits per heavy atom. The quantitative estimate of drug-likeness (QED) is 0.751. The van der Waals surface area contributed by atoms with Crippen molar-refractivity contribution in [1.82, 2.24) is 0 Å². The largest absolute Gasteiger partial charge is 0.497 e. The summed E-state index contributed by atoms with van der Waals surface area (Å²) in [5, 5.41) is 0.623. The van der Waals surface area contributed by atoms with Crippen LogP contribution in [0.4, 0.5) is 0 Å². The van der Waals surface area contributed by atoms with Crippen molar-refractivity contribution in [1.29, 1.82) is 0 Å². The van der Waals surface area contributed by atoms with E-state index < -0.39 is 0 Å². The van der Waals surface area contributed by atoms with Gasteiger partial charge in [0.2, 0.25) is 5.90 Å². The van der Waals surface area contributed by atoms with Gasteiger partial charge < -0.3 is 9.47 Å². The molecule has 2 rings (SSSR count). The van der Waals surface area contributed by atoms with Crippen LogP contribution in [-0.2, 0) is 4.74 Å². The lowest BCUT2D eigenvalue weighted by Gasteiger charge is -2.05. The minimum absolute atomic E-state index is 0.623. The number of hydrogen-bond donors (Lipinski definition) is 0. The first kappa shape index (κ1) is 9.34. The molecule has 0 saturated heterocycles. The molecule has 4 heteroatoms. The molecule has 0 aliphatic carbocycles. The van der Waals surface area contributed by atoms with E-state index in [4.69, 9.17) is 21.1 Å². The number of halogens is 1. The lowest BCUT2D eigenvalue weighted by Crippen LogP contribution is -2.01. The lowest BCUT2D eigenvalue weighted by molar-refractivity contribution is 0.348. The highest BCUT2D eigenvalue weighted by molar-refractivity contribution is 6.31. The maximum absolute atomic E-state index is 5.92. The van der Waals surface area contributed by atoms with E-state index in [0.717, 1.165) is 5.56 Å². The Morgan fingerprint density at radius 1 is 1.43 bits per heavy atom. The predicted molar refractivity (Wildman–Crippen MR) is 55.4 cm³/mol. The third-order valence-electron chi connectivity index (χ3n) is 1.94. The van der Waals surface area contributed by atoms with E-state index in [1.807, 2.05) is 12.1 Å². The average molecular weight is 212 g/mol. The van der Waals surface area contributed by atoms with Crippen LogP contribution in [0.3, 0.4) is 0 Å². The first-order valence-electron chi connectivity index (χ1n) is 4.32. The van der Waals surface area contributed by atoms with Crippen LogP contribution in [0.25, 0.3) is 0 Å². The predicted octanol–water partition coefficient (Wildman–Crippen LogP) is 2.13. The van der Waals surface area contributed by atoms with Crippen LogP contribution in [0.15, 0.2) is 23.2 Å². The molecule has 0 fully saturated rings. The molecule has 0 N–H and O–H groups in total. The third-order valence-corrected chi connectivity index (χ3v) is 2.16. The van der Waals surface area contributed by atoms with E-state index in [1.54, 1.807) is 13.2 Å². The van der Waals surface area contributed by atoms with Crippen LogP contribution in [0.5, 0.6) is 5.75 Å². The van der Waals surface area contributed by atoms with E-state index in [0.29, 0.717) is 29.8 Å². The molecule has 1 aliphatic rings. The van der Waals surface area contributed by atoms with Gasteiger partial charge >= 0.3 is 0 Å². The molecule has 1 heterocycles. The smallest absolute Gasteiger partial charge is 0.216 e. The fourth-order valence-electron chi connectivity index (χ4n) is 1.31. The fraction of sp³-hybridized carbons (Fsp3) is 0.300. The van der Waals surface area contributed by atoms with Crippen molar-refractivity contribution in [2.75, 3.05) is 20.3 Å². The molecular formula is C10H10ClNO2. The topological polar surface area (TPSA) is 30.8 Å². The van der Waals surface area contributed by atoms with Crippen LogP contribution in [0, 0.1) is 0 Å². The van der Waals surface area contributed by atoms with Crippen molar-refractivity contribution in [3.05, 3.63) is 28.8 Å². The monoisotopic (exact) mass is 211 g/mol. The molecule has 74 valence electrons. The van der Waals surface area contributed by atoms with Gasteiger partial charge in [-0.25, -0.2) is 4.99 Å². The molecule has 1 aliphatic heterocycles. The summed E-state index contributed by atoms with van der Waals surface area (Å²) in [6, 6.07) is 5.42. The minimum Gasteiger partial charge on any atom is -0.497 e. The van der Waals surface area contributed by atoms with Crippen LogP contribution in [0.1, 0.15) is 5.56 Å². The maximum atomic E-state index is 5.92. The highest BCUT2D eigenvalue weighted by Gasteiger charge is 2.11. The van der Waals surface area contributed by atoms with Crippen molar-refractivity contribution < 1.29 is 9.47 Å². The number of methoxy groups -OCH3 is 1. The van der Waals surface area contributed by atoms with Gasteiger partial charge in [0, 0.05) is 10.6 Å². The zero-order valence-corrected chi connectivity index (χ0v) is 8.54. The number of benzene rings is 1. The second-order valence-corrected chi connectivity index (χ2v) is 3.35. The lowest BCUT2D eigenvalue weighted by atomic mass is 10.2. The van der Waals surface area contributed by atoms with Gasteiger partial charge in [-0.1, -0.05) is 11.6 Å². The van der Waals surface area contributed by atoms with Gasteiger partial charge in [-0.05, 0) is 18.2 Å². The summed E-state index contributed by atoms with van der Waals surface area (Å²) in [7, 11) is 1.60. The van der Waals surface area contributed by atoms with Crippen molar-refractivity contribution in [2.45, 2.75) is 0 Å². The Hall–Kier alpha value is -1.22. The summed E-state index contributed by atoms with van der Waals surface area (Å²) in [5.41, 5.74) is 0.867. The number of aliphatic imine (C=N–C) groups is 1. The SMILES string of the molecule is COc1cc(Cl)cc(C2=NCCO2)c1. The maximum Gasteiger partial charge on any atom is 0.216 e. The summed E-state index contributed by atoms with van der Waals surface area (Å²) in [5.74, 6) is 1.36. The van der Waals surface area contributed by atoms with Crippen molar-refractivity contribution in [3.63, 3.8) is 0 Å². The van der Waals surface area contributed by atoms with Gasteiger partial charge in [0.1, 0.15) is 12.4 Å². The van der Waals surface area contributed by atoms with Crippen LogP contribution < -0.4 is 4.74 Å². The standard InChI is InChI=1S/C10H10ClNO2/c1-13-9-5-7(4-8(11)6-9)10-12-2-3-14-10/h4-6H,2-3H2,1H3. The molecule has 14 heavy (non-hydrogen) atoms. The van der Waals surface area contributed by atoms with Gasteiger partial charge in [-0.2, -0.15) is 0 Å². The molecule has 0 radical (unpaired) electrons. The molecule has 0 saturated carbocycles. The average Bonchev–Trinajstić information content (AvgIpc) is 2.69. The molecule has 1 aromatic rings. The summed E-state index contributed by atoms with van der Waals surface area (Å²) in [6.07, 6.45) is 0. The molecule has 0 aromatic heterocycles. The summed E-state index contributed by atoms with van der Waals surface area (Å²) in [6.45, 7) is 1.36. The molecule has 0 spiro atoms. The first-order valence-corrected chi connectivity index (χ1v) is 4.69. The van der Waals surface area contributed by atoms with Gasteiger partial charge in [0.15, 0.2) is 0 Å². The molecule has 0 bridgehead atoms. The Bertz CT molecular complexity index is 376. The fourth-order valence-corrected chi connectivity index (χ4v) is 1.54. The molecule has 3 nitrogen and oxygen atoms in total. The van der Waals surface area contributed by atoms with Gasteiger partial charge in [0.25, 0.3) is 0 Å². The number of rotatable bonds is 2. The second kappa shape index (κ2) is 3.88. The minimum atomic E-state index is 0.623. The molecule has 0 atom stereocenters. The normalized spacial score (nSPS) is 14.9. The molecule has 0 unspecified atom stereocenters.